The van der Waals surface area contributed by atoms with E-state index in [1.807, 2.05) is 0 Å². The summed E-state index contributed by atoms with van der Waals surface area (Å²) in [5.41, 5.74) is 0. The van der Waals surface area contributed by atoms with Gasteiger partial charge in [0, 0.05) is 6.42 Å². The molecule has 0 spiro atoms. The smallest absolute Gasteiger partial charge is 0.303 e. The fraction of sp³-hybridized carbons (Fsp3) is 0.938. The number of thiol groups is 1. The molecule has 0 aliphatic carbocycles. The molecule has 0 aliphatic heterocycles. The normalized spacial score (nSPS) is 12.5. The summed E-state index contributed by atoms with van der Waals surface area (Å²) in [7, 11) is 0. The van der Waals surface area contributed by atoms with Crippen molar-refractivity contribution in [2.45, 2.75) is 95.6 Å². The van der Waals surface area contributed by atoms with Crippen LogP contribution in [0.2, 0.25) is 0 Å². The molecule has 0 bridgehead atoms. The Labute approximate surface area is 124 Å². The summed E-state index contributed by atoms with van der Waals surface area (Å²) in [5, 5.41) is 9.06. The van der Waals surface area contributed by atoms with Crippen LogP contribution in [0, 0.1) is 0 Å². The molecule has 1 atom stereocenters. The number of hydrogen-bond donors (Lipinski definition) is 2. The van der Waals surface area contributed by atoms with Gasteiger partial charge in [-0.05, 0) is 18.1 Å². The van der Waals surface area contributed by atoms with Crippen LogP contribution in [0.4, 0.5) is 0 Å². The fourth-order valence-electron chi connectivity index (χ4n) is 2.31. The standard InChI is InChI=1S/C16H32O2S/c1-15(19)13-11-9-7-5-3-2-4-6-8-10-12-14-16(17)18/h15,19H,2-14H2,1H3,(H,17,18). The lowest BCUT2D eigenvalue weighted by molar-refractivity contribution is -0.137. The third-order valence-corrected chi connectivity index (χ3v) is 3.77. The van der Waals surface area contributed by atoms with Crippen LogP contribution in [-0.2, 0) is 4.79 Å². The molecule has 0 aromatic carbocycles. The lowest BCUT2D eigenvalue weighted by Gasteiger charge is -2.04. The van der Waals surface area contributed by atoms with Gasteiger partial charge in [-0.15, -0.1) is 0 Å². The van der Waals surface area contributed by atoms with Crippen molar-refractivity contribution in [3.8, 4) is 0 Å². The molecule has 0 radical (unpaired) electrons. The largest absolute Gasteiger partial charge is 0.481 e. The van der Waals surface area contributed by atoms with Crippen LogP contribution in [0.25, 0.3) is 0 Å². The van der Waals surface area contributed by atoms with Crippen LogP contribution in [0.1, 0.15) is 90.4 Å². The minimum absolute atomic E-state index is 0.338. The van der Waals surface area contributed by atoms with Gasteiger partial charge in [-0.1, -0.05) is 71.1 Å². The molecule has 0 saturated heterocycles. The van der Waals surface area contributed by atoms with Gasteiger partial charge in [-0.2, -0.15) is 12.6 Å². The van der Waals surface area contributed by atoms with Crippen molar-refractivity contribution in [2.24, 2.45) is 0 Å². The summed E-state index contributed by atoms with van der Waals surface area (Å²) in [6.45, 7) is 2.17. The number of unbranched alkanes of at least 4 members (excludes halogenated alkanes) is 10. The van der Waals surface area contributed by atoms with Gasteiger partial charge in [0.1, 0.15) is 0 Å². The first-order valence-electron chi connectivity index (χ1n) is 8.03. The van der Waals surface area contributed by atoms with Gasteiger partial charge in [-0.3, -0.25) is 4.79 Å². The second-order valence-electron chi connectivity index (χ2n) is 5.67. The molecular weight excluding hydrogens is 256 g/mol. The summed E-state index contributed by atoms with van der Waals surface area (Å²) < 4.78 is 0. The Bertz CT molecular complexity index is 205. The average molecular weight is 288 g/mol. The van der Waals surface area contributed by atoms with Crippen LogP contribution in [0.3, 0.4) is 0 Å². The van der Waals surface area contributed by atoms with Gasteiger partial charge in [-0.25, -0.2) is 0 Å². The molecule has 0 rings (SSSR count). The number of aliphatic carboxylic acids is 1. The second kappa shape index (κ2) is 14.2. The Kier molecular flexibility index (Phi) is 14.1. The Morgan fingerprint density at radius 3 is 1.58 bits per heavy atom. The highest BCUT2D eigenvalue weighted by atomic mass is 32.1. The summed E-state index contributed by atoms with van der Waals surface area (Å²) in [4.78, 5) is 10.3. The predicted octanol–water partition coefficient (Wildman–Crippen LogP) is 5.46. The van der Waals surface area contributed by atoms with Crippen LogP contribution < -0.4 is 0 Å². The molecule has 1 N–H and O–H groups in total. The molecule has 0 aromatic heterocycles. The molecule has 1 unspecified atom stereocenters. The molecule has 0 aromatic rings. The highest BCUT2D eigenvalue weighted by molar-refractivity contribution is 7.80. The predicted molar refractivity (Wildman–Crippen MR) is 86.1 cm³/mol. The maximum absolute atomic E-state index is 10.3. The Morgan fingerprint density at radius 1 is 0.842 bits per heavy atom. The molecule has 114 valence electrons. The third-order valence-electron chi connectivity index (χ3n) is 3.51. The fourth-order valence-corrected chi connectivity index (χ4v) is 2.49. The van der Waals surface area contributed by atoms with Gasteiger partial charge < -0.3 is 5.11 Å². The molecule has 0 heterocycles. The monoisotopic (exact) mass is 288 g/mol. The van der Waals surface area contributed by atoms with Crippen molar-refractivity contribution in [3.05, 3.63) is 0 Å². The van der Waals surface area contributed by atoms with Crippen LogP contribution in [0.15, 0.2) is 0 Å². The number of carbonyl (C=O) groups is 1. The van der Waals surface area contributed by atoms with Crippen molar-refractivity contribution < 1.29 is 9.90 Å². The van der Waals surface area contributed by atoms with Crippen LogP contribution in [0.5, 0.6) is 0 Å². The van der Waals surface area contributed by atoms with E-state index in [2.05, 4.69) is 19.6 Å². The summed E-state index contributed by atoms with van der Waals surface area (Å²) in [6.07, 6.45) is 15.5. The maximum Gasteiger partial charge on any atom is 0.303 e. The lowest BCUT2D eigenvalue weighted by Crippen LogP contribution is -1.93. The topological polar surface area (TPSA) is 37.3 Å². The molecule has 0 saturated carbocycles. The molecule has 0 amide bonds. The van der Waals surface area contributed by atoms with E-state index in [0.717, 1.165) is 12.8 Å². The highest BCUT2D eigenvalue weighted by Crippen LogP contribution is 2.13. The number of hydrogen-bond acceptors (Lipinski definition) is 2. The van der Waals surface area contributed by atoms with Crippen LogP contribution >= 0.6 is 12.6 Å². The molecule has 2 nitrogen and oxygen atoms in total. The quantitative estimate of drug-likeness (QED) is 0.329. The van der Waals surface area contributed by atoms with Gasteiger partial charge >= 0.3 is 5.97 Å². The number of carboxylic acid groups (broad SMARTS) is 1. The highest BCUT2D eigenvalue weighted by Gasteiger charge is 1.97. The van der Waals surface area contributed by atoms with Gasteiger partial charge in [0.15, 0.2) is 0 Å². The maximum atomic E-state index is 10.3. The minimum atomic E-state index is -0.660. The van der Waals surface area contributed by atoms with E-state index >= 15 is 0 Å². The Balaban J connectivity index is 2.97. The Hall–Kier alpha value is -0.180. The zero-order valence-corrected chi connectivity index (χ0v) is 13.5. The van der Waals surface area contributed by atoms with Crippen molar-refractivity contribution in [1.82, 2.24) is 0 Å². The van der Waals surface area contributed by atoms with Crippen LogP contribution in [-0.4, -0.2) is 16.3 Å². The lowest BCUT2D eigenvalue weighted by atomic mass is 10.0. The molecule has 19 heavy (non-hydrogen) atoms. The van der Waals surface area contributed by atoms with E-state index in [9.17, 15) is 4.79 Å². The summed E-state index contributed by atoms with van der Waals surface area (Å²) >= 11 is 4.38. The van der Waals surface area contributed by atoms with Crippen molar-refractivity contribution >= 4 is 18.6 Å². The van der Waals surface area contributed by atoms with E-state index in [1.165, 1.54) is 64.2 Å². The van der Waals surface area contributed by atoms with E-state index in [-0.39, 0.29) is 0 Å². The average Bonchev–Trinajstić information content (AvgIpc) is 2.34. The van der Waals surface area contributed by atoms with E-state index in [1.54, 1.807) is 0 Å². The van der Waals surface area contributed by atoms with Crippen molar-refractivity contribution in [3.63, 3.8) is 0 Å². The first-order chi connectivity index (χ1) is 9.13. The molecule has 0 fully saturated rings. The minimum Gasteiger partial charge on any atom is -0.481 e. The zero-order valence-electron chi connectivity index (χ0n) is 12.6. The van der Waals surface area contributed by atoms with Crippen molar-refractivity contribution in [2.75, 3.05) is 0 Å². The summed E-state index contributed by atoms with van der Waals surface area (Å²) in [6, 6.07) is 0. The molecule has 3 heteroatoms. The van der Waals surface area contributed by atoms with E-state index < -0.39 is 5.97 Å². The number of carboxylic acids is 1. The summed E-state index contributed by atoms with van der Waals surface area (Å²) in [5.74, 6) is -0.660. The SMILES string of the molecule is CC(S)CCCCCCCCCCCCCC(=O)O. The van der Waals surface area contributed by atoms with Gasteiger partial charge in [0.2, 0.25) is 0 Å². The second-order valence-corrected chi connectivity index (χ2v) is 6.55. The molecule has 0 aliphatic rings. The van der Waals surface area contributed by atoms with Gasteiger partial charge in [0.05, 0.1) is 0 Å². The molecular formula is C16H32O2S. The first kappa shape index (κ1) is 18.8. The van der Waals surface area contributed by atoms with Gasteiger partial charge in [0.25, 0.3) is 0 Å². The van der Waals surface area contributed by atoms with E-state index in [0.29, 0.717) is 11.7 Å². The van der Waals surface area contributed by atoms with E-state index in [4.69, 9.17) is 5.11 Å². The van der Waals surface area contributed by atoms with Crippen molar-refractivity contribution in [1.29, 1.82) is 0 Å². The zero-order chi connectivity index (χ0) is 14.3. The first-order valence-corrected chi connectivity index (χ1v) is 8.54. The number of rotatable bonds is 14. The Morgan fingerprint density at radius 2 is 1.21 bits per heavy atom. The third kappa shape index (κ3) is 17.8.